The number of para-hydroxylation sites is 2. The molecule has 0 unspecified atom stereocenters. The van der Waals surface area contributed by atoms with E-state index < -0.39 is 23.1 Å². The van der Waals surface area contributed by atoms with Gasteiger partial charge in [-0.1, -0.05) is 30.3 Å². The fraction of sp³-hybridized carbons (Fsp3) is 0.306. The number of aliphatic hydroxyl groups excluding tert-OH is 1. The van der Waals surface area contributed by atoms with Gasteiger partial charge in [-0.2, -0.15) is 0 Å². The van der Waals surface area contributed by atoms with Crippen molar-refractivity contribution >= 4 is 17.2 Å². The number of hydrogen-bond donors (Lipinski definition) is 3. The number of carbonyl (C=O) groups excluding carboxylic acids is 1. The van der Waals surface area contributed by atoms with E-state index in [4.69, 9.17) is 28.4 Å². The average Bonchev–Trinajstić information content (AvgIpc) is 3.53. The maximum Gasteiger partial charge on any atom is 0.203 e. The van der Waals surface area contributed by atoms with E-state index in [9.17, 15) is 5.11 Å². The lowest BCUT2D eigenvalue weighted by molar-refractivity contribution is 0.0546. The SMILES string of the molecule is COc1cc([C@H]2[C@@]3(Cc4cc(OC)c(OC)c(OC)c4[C@@]24Nc2ccccc2C4=O)Nc2ccccc2[C@@H]3O)cc(OC)c1OC. The Morgan fingerprint density at radius 1 is 0.696 bits per heavy atom. The Morgan fingerprint density at radius 3 is 1.87 bits per heavy atom. The molecule has 0 aromatic heterocycles. The molecular formula is C36H36N2O8. The maximum atomic E-state index is 15.3. The van der Waals surface area contributed by atoms with Gasteiger partial charge in [0.25, 0.3) is 0 Å². The summed E-state index contributed by atoms with van der Waals surface area (Å²) in [5.74, 6) is 1.45. The summed E-state index contributed by atoms with van der Waals surface area (Å²) in [5.41, 5.74) is 2.05. The standard InChI is InChI=1S/C36H36N2O8/c1-41-25-15-19(16-26(42-2)29(25)44-4)32-35(33(39)21-11-7-9-13-23(21)37-35)18-20-17-27(43-3)30(45-5)31(46-6)28(20)36(32)34(40)22-12-8-10-14-24(22)38-36/h7-17,32-33,37-39H,18H2,1-6H3/t32-,33-,35+,36+/m0/s1. The zero-order valence-corrected chi connectivity index (χ0v) is 26.5. The van der Waals surface area contributed by atoms with Crippen LogP contribution in [0.15, 0.2) is 66.7 Å². The Kier molecular flexibility index (Phi) is 6.93. The Hall–Kier alpha value is -5.09. The molecule has 0 saturated carbocycles. The number of methoxy groups -OCH3 is 6. The predicted molar refractivity (Wildman–Crippen MR) is 172 cm³/mol. The Balaban J connectivity index is 1.65. The number of ether oxygens (including phenoxy) is 6. The molecule has 0 radical (unpaired) electrons. The average molecular weight is 625 g/mol. The molecule has 0 fully saturated rings. The summed E-state index contributed by atoms with van der Waals surface area (Å²) in [6, 6.07) is 20.7. The molecule has 46 heavy (non-hydrogen) atoms. The van der Waals surface area contributed by atoms with Gasteiger partial charge < -0.3 is 44.2 Å². The summed E-state index contributed by atoms with van der Waals surface area (Å²) >= 11 is 0. The van der Waals surface area contributed by atoms with Crippen LogP contribution in [0.1, 0.15) is 44.6 Å². The molecular weight excluding hydrogens is 588 g/mol. The fourth-order valence-electron chi connectivity index (χ4n) is 8.01. The van der Waals surface area contributed by atoms with Crippen molar-refractivity contribution in [2.45, 2.75) is 29.5 Å². The Labute approximate surface area is 267 Å². The minimum Gasteiger partial charge on any atom is -0.493 e. The first-order valence-electron chi connectivity index (χ1n) is 14.9. The maximum absolute atomic E-state index is 15.3. The van der Waals surface area contributed by atoms with Gasteiger partial charge in [-0.15, -0.1) is 0 Å². The second-order valence-corrected chi connectivity index (χ2v) is 11.7. The van der Waals surface area contributed by atoms with Gasteiger partial charge in [-0.05, 0) is 53.9 Å². The third-order valence-corrected chi connectivity index (χ3v) is 9.73. The van der Waals surface area contributed by atoms with Crippen LogP contribution >= 0.6 is 0 Å². The second-order valence-electron chi connectivity index (χ2n) is 11.7. The molecule has 1 aliphatic carbocycles. The number of Topliss-reactive ketones (excluding diaryl/α,β-unsaturated/α-hetero) is 1. The van der Waals surface area contributed by atoms with Gasteiger partial charge in [0.05, 0.1) is 48.2 Å². The molecule has 10 heteroatoms. The van der Waals surface area contributed by atoms with E-state index in [1.165, 1.54) is 7.11 Å². The van der Waals surface area contributed by atoms with E-state index in [1.54, 1.807) is 35.5 Å². The lowest BCUT2D eigenvalue weighted by Crippen LogP contribution is -2.62. The molecule has 0 saturated heterocycles. The highest BCUT2D eigenvalue weighted by atomic mass is 16.5. The molecule has 4 aromatic carbocycles. The molecule has 0 amide bonds. The van der Waals surface area contributed by atoms with Crippen LogP contribution in [0.4, 0.5) is 11.4 Å². The van der Waals surface area contributed by atoms with Crippen LogP contribution in [-0.4, -0.2) is 59.1 Å². The van der Waals surface area contributed by atoms with Crippen molar-refractivity contribution in [3.8, 4) is 34.5 Å². The van der Waals surface area contributed by atoms with Crippen LogP contribution in [0.5, 0.6) is 34.5 Å². The van der Waals surface area contributed by atoms with Crippen molar-refractivity contribution in [2.75, 3.05) is 53.3 Å². The number of hydrogen-bond acceptors (Lipinski definition) is 10. The van der Waals surface area contributed by atoms with E-state index in [1.807, 2.05) is 66.7 Å². The summed E-state index contributed by atoms with van der Waals surface area (Å²) < 4.78 is 35.1. The molecule has 7 rings (SSSR count). The highest BCUT2D eigenvalue weighted by Gasteiger charge is 2.68. The first-order valence-corrected chi connectivity index (χ1v) is 14.9. The van der Waals surface area contributed by atoms with Gasteiger partial charge in [0.1, 0.15) is 11.6 Å². The smallest absolute Gasteiger partial charge is 0.203 e. The summed E-state index contributed by atoms with van der Waals surface area (Å²) in [4.78, 5) is 15.3. The van der Waals surface area contributed by atoms with Crippen LogP contribution in [0.2, 0.25) is 0 Å². The van der Waals surface area contributed by atoms with Crippen LogP contribution in [0, 0.1) is 0 Å². The topological polar surface area (TPSA) is 117 Å². The molecule has 4 aromatic rings. The van der Waals surface area contributed by atoms with Crippen LogP contribution in [-0.2, 0) is 12.0 Å². The molecule has 0 bridgehead atoms. The number of carbonyl (C=O) groups is 1. The van der Waals surface area contributed by atoms with E-state index in [2.05, 4.69) is 10.6 Å². The molecule has 3 N–H and O–H groups in total. The molecule has 2 spiro atoms. The number of rotatable bonds is 7. The number of aliphatic hydroxyl groups is 1. The minimum absolute atomic E-state index is 0.183. The highest BCUT2D eigenvalue weighted by Crippen LogP contribution is 2.66. The third kappa shape index (κ3) is 3.76. The number of anilines is 2. The fourth-order valence-corrected chi connectivity index (χ4v) is 8.01. The van der Waals surface area contributed by atoms with Crippen molar-refractivity contribution in [3.63, 3.8) is 0 Å². The van der Waals surface area contributed by atoms with Crippen molar-refractivity contribution < 1.29 is 38.3 Å². The quantitative estimate of drug-likeness (QED) is 0.244. The van der Waals surface area contributed by atoms with Crippen molar-refractivity contribution in [1.82, 2.24) is 0 Å². The number of nitrogens with one attached hydrogen (secondary N) is 2. The number of ketones is 1. The van der Waals surface area contributed by atoms with Gasteiger partial charge in [-0.25, -0.2) is 0 Å². The zero-order chi connectivity index (χ0) is 32.4. The van der Waals surface area contributed by atoms with Gasteiger partial charge in [0.2, 0.25) is 11.5 Å². The number of fused-ring (bicyclic) bond motifs is 4. The van der Waals surface area contributed by atoms with E-state index in [-0.39, 0.29) is 5.78 Å². The summed E-state index contributed by atoms with van der Waals surface area (Å²) in [5, 5.41) is 19.9. The Bertz CT molecular complexity index is 1850. The minimum atomic E-state index is -1.51. The summed E-state index contributed by atoms with van der Waals surface area (Å²) in [6.07, 6.45) is -0.737. The van der Waals surface area contributed by atoms with Crippen LogP contribution < -0.4 is 39.1 Å². The van der Waals surface area contributed by atoms with E-state index >= 15 is 4.79 Å². The van der Waals surface area contributed by atoms with Gasteiger partial charge >= 0.3 is 0 Å². The summed E-state index contributed by atoms with van der Waals surface area (Å²) in [7, 11) is 9.30. The highest BCUT2D eigenvalue weighted by molar-refractivity contribution is 6.15. The second kappa shape index (κ2) is 10.8. The van der Waals surface area contributed by atoms with Crippen molar-refractivity contribution in [1.29, 1.82) is 0 Å². The van der Waals surface area contributed by atoms with E-state index in [0.717, 1.165) is 16.8 Å². The van der Waals surface area contributed by atoms with Gasteiger partial charge in [0, 0.05) is 34.0 Å². The zero-order valence-electron chi connectivity index (χ0n) is 26.5. The third-order valence-electron chi connectivity index (χ3n) is 9.73. The molecule has 4 atom stereocenters. The first kappa shape index (κ1) is 29.6. The molecule has 2 heterocycles. The normalized spacial score (nSPS) is 23.6. The Morgan fingerprint density at radius 2 is 1.28 bits per heavy atom. The van der Waals surface area contributed by atoms with Gasteiger partial charge in [0.15, 0.2) is 28.8 Å². The molecule has 2 aliphatic heterocycles. The van der Waals surface area contributed by atoms with Crippen molar-refractivity contribution in [2.24, 2.45) is 0 Å². The van der Waals surface area contributed by atoms with Crippen LogP contribution in [0.3, 0.4) is 0 Å². The lowest BCUT2D eigenvalue weighted by atomic mass is 9.55. The molecule has 3 aliphatic rings. The first-order chi connectivity index (χ1) is 22.3. The number of benzene rings is 4. The van der Waals surface area contributed by atoms with E-state index in [0.29, 0.717) is 63.3 Å². The monoisotopic (exact) mass is 624 g/mol. The molecule has 10 nitrogen and oxygen atoms in total. The predicted octanol–water partition coefficient (Wildman–Crippen LogP) is 5.48. The largest absolute Gasteiger partial charge is 0.493 e. The summed E-state index contributed by atoms with van der Waals surface area (Å²) in [6.45, 7) is 0. The molecule has 238 valence electrons. The lowest BCUT2D eigenvalue weighted by Gasteiger charge is -2.54. The van der Waals surface area contributed by atoms with Crippen LogP contribution in [0.25, 0.3) is 0 Å². The van der Waals surface area contributed by atoms with Gasteiger partial charge in [-0.3, -0.25) is 4.79 Å². The van der Waals surface area contributed by atoms with Crippen molar-refractivity contribution in [3.05, 3.63) is 94.5 Å².